The SMILES string of the molecule is CN(C)C1CC(n2ccc3ncncc32)C1. The fraction of sp³-hybridized carbons (Fsp3) is 0.500. The minimum atomic E-state index is 0.621. The van der Waals surface area contributed by atoms with Crippen LogP contribution in [0, 0.1) is 0 Å². The molecular weight excluding hydrogens is 200 g/mol. The lowest BCUT2D eigenvalue weighted by molar-refractivity contribution is 0.132. The first-order valence-corrected chi connectivity index (χ1v) is 5.68. The van der Waals surface area contributed by atoms with Crippen molar-refractivity contribution in [1.29, 1.82) is 0 Å². The van der Waals surface area contributed by atoms with Crippen molar-refractivity contribution in [3.63, 3.8) is 0 Å². The summed E-state index contributed by atoms with van der Waals surface area (Å²) in [6.45, 7) is 0. The van der Waals surface area contributed by atoms with Gasteiger partial charge in [-0.05, 0) is 33.0 Å². The highest BCUT2D eigenvalue weighted by molar-refractivity contribution is 5.74. The highest BCUT2D eigenvalue weighted by Crippen LogP contribution is 2.36. The molecule has 84 valence electrons. The van der Waals surface area contributed by atoms with Crippen LogP contribution in [0.2, 0.25) is 0 Å². The summed E-state index contributed by atoms with van der Waals surface area (Å²) in [5.74, 6) is 0. The van der Waals surface area contributed by atoms with Gasteiger partial charge in [-0.25, -0.2) is 9.97 Å². The van der Waals surface area contributed by atoms with Crippen LogP contribution < -0.4 is 0 Å². The van der Waals surface area contributed by atoms with Crippen LogP contribution in [-0.4, -0.2) is 39.6 Å². The summed E-state index contributed by atoms with van der Waals surface area (Å²) >= 11 is 0. The van der Waals surface area contributed by atoms with Gasteiger partial charge in [0.1, 0.15) is 6.33 Å². The molecule has 0 radical (unpaired) electrons. The van der Waals surface area contributed by atoms with E-state index in [9.17, 15) is 0 Å². The van der Waals surface area contributed by atoms with Gasteiger partial charge in [0.25, 0.3) is 0 Å². The Morgan fingerprint density at radius 3 is 2.94 bits per heavy atom. The van der Waals surface area contributed by atoms with Gasteiger partial charge in [-0.1, -0.05) is 0 Å². The number of aromatic nitrogens is 3. The first-order chi connectivity index (χ1) is 7.75. The van der Waals surface area contributed by atoms with Crippen LogP contribution in [-0.2, 0) is 0 Å². The van der Waals surface area contributed by atoms with Crippen LogP contribution >= 0.6 is 0 Å². The van der Waals surface area contributed by atoms with Gasteiger partial charge in [-0.2, -0.15) is 0 Å². The molecule has 0 aliphatic heterocycles. The van der Waals surface area contributed by atoms with Crippen LogP contribution in [0.5, 0.6) is 0 Å². The van der Waals surface area contributed by atoms with E-state index in [-0.39, 0.29) is 0 Å². The Kier molecular flexibility index (Phi) is 2.17. The summed E-state index contributed by atoms with van der Waals surface area (Å²) in [5.41, 5.74) is 2.20. The third-order valence-electron chi connectivity index (χ3n) is 3.61. The molecule has 4 heteroatoms. The van der Waals surface area contributed by atoms with Crippen molar-refractivity contribution in [2.75, 3.05) is 14.1 Å². The van der Waals surface area contributed by atoms with E-state index in [2.05, 4.69) is 45.8 Å². The lowest BCUT2D eigenvalue weighted by Crippen LogP contribution is -2.41. The van der Waals surface area contributed by atoms with Crippen LogP contribution in [0.15, 0.2) is 24.8 Å². The molecular formula is C12H16N4. The Morgan fingerprint density at radius 1 is 1.38 bits per heavy atom. The molecule has 1 aliphatic carbocycles. The highest BCUT2D eigenvalue weighted by Gasteiger charge is 2.32. The molecule has 1 saturated carbocycles. The van der Waals surface area contributed by atoms with Crippen molar-refractivity contribution in [2.45, 2.75) is 24.9 Å². The smallest absolute Gasteiger partial charge is 0.116 e. The molecule has 0 atom stereocenters. The molecule has 2 heterocycles. The Bertz CT molecular complexity index is 496. The molecule has 0 spiro atoms. The lowest BCUT2D eigenvalue weighted by atomic mass is 9.86. The molecule has 0 unspecified atom stereocenters. The Balaban J connectivity index is 1.86. The van der Waals surface area contributed by atoms with Gasteiger partial charge in [-0.15, -0.1) is 0 Å². The molecule has 0 N–H and O–H groups in total. The van der Waals surface area contributed by atoms with Crippen molar-refractivity contribution in [3.05, 3.63) is 24.8 Å². The molecule has 4 nitrogen and oxygen atoms in total. The van der Waals surface area contributed by atoms with Crippen LogP contribution in [0.3, 0.4) is 0 Å². The van der Waals surface area contributed by atoms with Crippen molar-refractivity contribution in [1.82, 2.24) is 19.4 Å². The first-order valence-electron chi connectivity index (χ1n) is 5.68. The quantitative estimate of drug-likeness (QED) is 0.766. The molecule has 2 aromatic heterocycles. The van der Waals surface area contributed by atoms with Gasteiger partial charge >= 0.3 is 0 Å². The van der Waals surface area contributed by atoms with Crippen LogP contribution in [0.4, 0.5) is 0 Å². The Morgan fingerprint density at radius 2 is 2.19 bits per heavy atom. The number of hydrogen-bond acceptors (Lipinski definition) is 3. The standard InChI is InChI=1S/C12H16N4/c1-15(2)9-5-10(6-9)16-4-3-11-12(16)7-13-8-14-11/h3-4,7-10H,5-6H2,1-2H3. The number of rotatable bonds is 2. The van der Waals surface area contributed by atoms with E-state index in [0.29, 0.717) is 6.04 Å². The number of nitrogens with zero attached hydrogens (tertiary/aromatic N) is 4. The van der Waals surface area contributed by atoms with Crippen molar-refractivity contribution < 1.29 is 0 Å². The van der Waals surface area contributed by atoms with Gasteiger partial charge in [0.15, 0.2) is 0 Å². The molecule has 0 amide bonds. The summed E-state index contributed by atoms with van der Waals surface area (Å²) in [5, 5.41) is 0. The molecule has 0 aromatic carbocycles. The minimum Gasteiger partial charge on any atom is -0.342 e. The average Bonchev–Trinajstić information content (AvgIpc) is 2.60. The van der Waals surface area contributed by atoms with E-state index in [4.69, 9.17) is 0 Å². The van der Waals surface area contributed by atoms with Crippen molar-refractivity contribution >= 4 is 11.0 Å². The molecule has 3 rings (SSSR count). The third kappa shape index (κ3) is 1.41. The van der Waals surface area contributed by atoms with Gasteiger partial charge in [0, 0.05) is 18.3 Å². The molecule has 0 bridgehead atoms. The largest absolute Gasteiger partial charge is 0.342 e. The van der Waals surface area contributed by atoms with Gasteiger partial charge in [0.2, 0.25) is 0 Å². The minimum absolute atomic E-state index is 0.621. The van der Waals surface area contributed by atoms with Crippen LogP contribution in [0.1, 0.15) is 18.9 Å². The predicted octanol–water partition coefficient (Wildman–Crippen LogP) is 1.70. The maximum Gasteiger partial charge on any atom is 0.116 e. The van der Waals surface area contributed by atoms with Gasteiger partial charge in [0.05, 0.1) is 17.2 Å². The molecule has 16 heavy (non-hydrogen) atoms. The summed E-state index contributed by atoms with van der Waals surface area (Å²) < 4.78 is 2.31. The summed E-state index contributed by atoms with van der Waals surface area (Å²) in [4.78, 5) is 10.7. The van der Waals surface area contributed by atoms with E-state index in [1.165, 1.54) is 12.8 Å². The van der Waals surface area contributed by atoms with Gasteiger partial charge in [-0.3, -0.25) is 0 Å². The van der Waals surface area contributed by atoms with Crippen LogP contribution in [0.25, 0.3) is 11.0 Å². The molecule has 2 aromatic rings. The lowest BCUT2D eigenvalue weighted by Gasteiger charge is -2.40. The van der Waals surface area contributed by atoms with E-state index >= 15 is 0 Å². The van der Waals surface area contributed by atoms with Gasteiger partial charge < -0.3 is 9.47 Å². The fourth-order valence-electron chi connectivity index (χ4n) is 2.42. The second-order valence-electron chi connectivity index (χ2n) is 4.76. The maximum atomic E-state index is 4.25. The zero-order chi connectivity index (χ0) is 11.1. The Labute approximate surface area is 94.9 Å². The fourth-order valence-corrected chi connectivity index (χ4v) is 2.42. The number of hydrogen-bond donors (Lipinski definition) is 0. The normalized spacial score (nSPS) is 24.9. The highest BCUT2D eigenvalue weighted by atomic mass is 15.1. The van der Waals surface area contributed by atoms with E-state index < -0.39 is 0 Å². The number of fused-ring (bicyclic) bond motifs is 1. The zero-order valence-electron chi connectivity index (χ0n) is 9.67. The van der Waals surface area contributed by atoms with E-state index in [1.54, 1.807) is 6.33 Å². The molecule has 1 aliphatic rings. The first kappa shape index (κ1) is 9.78. The summed E-state index contributed by atoms with van der Waals surface area (Å²) in [7, 11) is 4.30. The Hall–Kier alpha value is -1.42. The van der Waals surface area contributed by atoms with Crippen molar-refractivity contribution in [3.8, 4) is 0 Å². The predicted molar refractivity (Wildman–Crippen MR) is 63.3 cm³/mol. The monoisotopic (exact) mass is 216 g/mol. The van der Waals surface area contributed by atoms with E-state index in [0.717, 1.165) is 17.1 Å². The summed E-state index contributed by atoms with van der Waals surface area (Å²) in [6, 6.07) is 3.42. The average molecular weight is 216 g/mol. The van der Waals surface area contributed by atoms with Crippen molar-refractivity contribution in [2.24, 2.45) is 0 Å². The summed E-state index contributed by atoms with van der Waals surface area (Å²) in [6.07, 6.45) is 8.11. The molecule has 1 fully saturated rings. The second-order valence-corrected chi connectivity index (χ2v) is 4.76. The molecule has 0 saturated heterocycles. The maximum absolute atomic E-state index is 4.25. The topological polar surface area (TPSA) is 34.0 Å². The second kappa shape index (κ2) is 3.56. The third-order valence-corrected chi connectivity index (χ3v) is 3.61. The van der Waals surface area contributed by atoms with E-state index in [1.807, 2.05) is 6.20 Å². The zero-order valence-corrected chi connectivity index (χ0v) is 9.67.